The zero-order valence-electron chi connectivity index (χ0n) is 42.6. The highest BCUT2D eigenvalue weighted by atomic mass is 16.7. The van der Waals surface area contributed by atoms with Gasteiger partial charge in [-0.25, -0.2) is 0 Å². The van der Waals surface area contributed by atoms with Gasteiger partial charge in [0.05, 0.1) is 25.4 Å². The molecule has 1 saturated heterocycles. The van der Waals surface area contributed by atoms with Gasteiger partial charge < -0.3 is 40.3 Å². The summed E-state index contributed by atoms with van der Waals surface area (Å²) in [7, 11) is 0. The number of aliphatic hydroxyl groups excluding tert-OH is 5. The molecule has 7 unspecified atom stereocenters. The summed E-state index contributed by atoms with van der Waals surface area (Å²) in [5.41, 5.74) is 0. The molecule has 1 amide bonds. The Balaban J connectivity index is 2.20. The van der Waals surface area contributed by atoms with Crippen LogP contribution in [0, 0.1) is 0 Å². The number of rotatable bonds is 45. The van der Waals surface area contributed by atoms with Crippen LogP contribution in [0.15, 0.2) is 85.1 Å². The number of nitrogens with one attached hydrogen (secondary N) is 1. The lowest BCUT2D eigenvalue weighted by Crippen LogP contribution is -2.60. The van der Waals surface area contributed by atoms with Crippen molar-refractivity contribution in [3.63, 3.8) is 0 Å². The maximum atomic E-state index is 13.0. The topological polar surface area (TPSA) is 149 Å². The molecule has 6 N–H and O–H groups in total. The average Bonchev–Trinajstić information content (AvgIpc) is 3.33. The van der Waals surface area contributed by atoms with Crippen molar-refractivity contribution in [1.29, 1.82) is 0 Å². The fourth-order valence-electron chi connectivity index (χ4n) is 8.20. The third-order valence-electron chi connectivity index (χ3n) is 12.5. The number of ether oxygens (including phenoxy) is 2. The van der Waals surface area contributed by atoms with Crippen LogP contribution in [0.4, 0.5) is 0 Å². The first-order valence-electron chi connectivity index (χ1n) is 27.3. The van der Waals surface area contributed by atoms with E-state index < -0.39 is 49.5 Å². The summed E-state index contributed by atoms with van der Waals surface area (Å²) in [6, 6.07) is -0.727. The minimum Gasteiger partial charge on any atom is -0.394 e. The van der Waals surface area contributed by atoms with Crippen molar-refractivity contribution in [2.75, 3.05) is 13.2 Å². The molecule has 67 heavy (non-hydrogen) atoms. The van der Waals surface area contributed by atoms with Crippen LogP contribution in [0.5, 0.6) is 0 Å². The van der Waals surface area contributed by atoms with Gasteiger partial charge in [0.2, 0.25) is 5.91 Å². The highest BCUT2D eigenvalue weighted by molar-refractivity contribution is 5.76. The molecule has 0 aromatic carbocycles. The van der Waals surface area contributed by atoms with E-state index in [4.69, 9.17) is 9.47 Å². The third kappa shape index (κ3) is 36.9. The second-order valence-electron chi connectivity index (χ2n) is 18.6. The van der Waals surface area contributed by atoms with Gasteiger partial charge in [-0.1, -0.05) is 227 Å². The lowest BCUT2D eigenvalue weighted by atomic mass is 9.99. The molecule has 0 aromatic heterocycles. The number of unbranched alkanes of at least 4 members (excludes halogenated alkanes) is 21. The van der Waals surface area contributed by atoms with E-state index in [2.05, 4.69) is 104 Å². The fraction of sp³-hybridized carbons (Fsp3) is 0.741. The van der Waals surface area contributed by atoms with E-state index in [0.717, 1.165) is 89.9 Å². The monoisotopic (exact) mass is 940 g/mol. The van der Waals surface area contributed by atoms with Gasteiger partial charge >= 0.3 is 0 Å². The van der Waals surface area contributed by atoms with Gasteiger partial charge in [0.25, 0.3) is 0 Å². The molecular formula is C58H101NO8. The van der Waals surface area contributed by atoms with Crippen molar-refractivity contribution in [2.45, 2.75) is 262 Å². The third-order valence-corrected chi connectivity index (χ3v) is 12.5. The Morgan fingerprint density at radius 1 is 0.522 bits per heavy atom. The molecule has 0 aliphatic carbocycles. The Morgan fingerprint density at radius 2 is 0.925 bits per heavy atom. The van der Waals surface area contributed by atoms with Crippen LogP contribution in [-0.4, -0.2) is 87.5 Å². The van der Waals surface area contributed by atoms with Crippen LogP contribution in [0.25, 0.3) is 0 Å². The van der Waals surface area contributed by atoms with E-state index in [1.54, 1.807) is 0 Å². The second-order valence-corrected chi connectivity index (χ2v) is 18.6. The van der Waals surface area contributed by atoms with Crippen molar-refractivity contribution >= 4 is 5.91 Å². The summed E-state index contributed by atoms with van der Waals surface area (Å²) < 4.78 is 11.3. The number of carbonyl (C=O) groups excluding carboxylic acids is 1. The molecule has 0 saturated carbocycles. The van der Waals surface area contributed by atoms with Crippen LogP contribution < -0.4 is 5.32 Å². The van der Waals surface area contributed by atoms with Crippen LogP contribution in [0.3, 0.4) is 0 Å². The van der Waals surface area contributed by atoms with Gasteiger partial charge in [0, 0.05) is 6.42 Å². The van der Waals surface area contributed by atoms with Crippen molar-refractivity contribution in [2.24, 2.45) is 0 Å². The van der Waals surface area contributed by atoms with E-state index in [9.17, 15) is 30.3 Å². The molecule has 1 rings (SSSR count). The minimum atomic E-state index is -1.56. The first kappa shape index (κ1) is 62.4. The van der Waals surface area contributed by atoms with Crippen molar-refractivity contribution in [3.8, 4) is 0 Å². The maximum Gasteiger partial charge on any atom is 0.220 e. The molecule has 386 valence electrons. The van der Waals surface area contributed by atoms with E-state index in [0.29, 0.717) is 12.8 Å². The molecule has 0 bridgehead atoms. The Kier molecular flexibility index (Phi) is 43.8. The number of hydrogen-bond acceptors (Lipinski definition) is 8. The predicted octanol–water partition coefficient (Wildman–Crippen LogP) is 13.1. The molecule has 1 heterocycles. The zero-order valence-corrected chi connectivity index (χ0v) is 42.6. The lowest BCUT2D eigenvalue weighted by Gasteiger charge is -2.40. The minimum absolute atomic E-state index is 0.144. The van der Waals surface area contributed by atoms with Crippen molar-refractivity contribution in [3.05, 3.63) is 85.1 Å². The molecular weight excluding hydrogens is 839 g/mol. The van der Waals surface area contributed by atoms with Crippen LogP contribution in [0.1, 0.15) is 219 Å². The summed E-state index contributed by atoms with van der Waals surface area (Å²) in [5.74, 6) is -0.154. The molecule has 0 spiro atoms. The fourth-order valence-corrected chi connectivity index (χ4v) is 8.20. The Labute approximate surface area is 410 Å². The molecule has 0 aromatic rings. The number of aliphatic hydroxyl groups is 5. The predicted molar refractivity (Wildman–Crippen MR) is 281 cm³/mol. The highest BCUT2D eigenvalue weighted by Crippen LogP contribution is 2.23. The molecule has 0 radical (unpaired) electrons. The van der Waals surface area contributed by atoms with Crippen LogP contribution in [-0.2, 0) is 14.3 Å². The van der Waals surface area contributed by atoms with Gasteiger partial charge in [0.15, 0.2) is 6.29 Å². The molecule has 9 heteroatoms. The van der Waals surface area contributed by atoms with E-state index in [-0.39, 0.29) is 12.5 Å². The van der Waals surface area contributed by atoms with Gasteiger partial charge in [-0.2, -0.15) is 0 Å². The largest absolute Gasteiger partial charge is 0.394 e. The summed E-state index contributed by atoms with van der Waals surface area (Å²) in [5, 5.41) is 54.5. The molecule has 1 aliphatic rings. The Hall–Kier alpha value is -2.63. The normalized spacial score (nSPS) is 20.4. The quantitative estimate of drug-likeness (QED) is 0.0261. The van der Waals surface area contributed by atoms with E-state index in [1.165, 1.54) is 103 Å². The maximum absolute atomic E-state index is 13.0. The van der Waals surface area contributed by atoms with Gasteiger partial charge in [-0.05, 0) is 70.6 Å². The molecule has 9 nitrogen and oxygen atoms in total. The van der Waals surface area contributed by atoms with Crippen LogP contribution in [0.2, 0.25) is 0 Å². The Bertz CT molecular complexity index is 1320. The highest BCUT2D eigenvalue weighted by Gasteiger charge is 2.44. The first-order valence-corrected chi connectivity index (χ1v) is 27.3. The zero-order chi connectivity index (χ0) is 48.7. The molecule has 1 fully saturated rings. The number of allylic oxidation sites excluding steroid dienone is 14. The summed E-state index contributed by atoms with van der Waals surface area (Å²) in [6.45, 7) is 3.71. The van der Waals surface area contributed by atoms with Crippen molar-refractivity contribution in [1.82, 2.24) is 5.32 Å². The molecule has 7 atom stereocenters. The average molecular weight is 940 g/mol. The smallest absolute Gasteiger partial charge is 0.220 e. The van der Waals surface area contributed by atoms with E-state index >= 15 is 0 Å². The van der Waals surface area contributed by atoms with Gasteiger partial charge in [0.1, 0.15) is 24.4 Å². The second kappa shape index (κ2) is 47.1. The standard InChI is InChI=1S/C58H101NO8/c1-3-5-7-9-11-13-15-17-18-19-20-21-22-23-24-25-26-27-28-29-30-31-32-33-34-36-38-40-42-44-46-48-54(62)59-51(50-66-58-57(65)56(64)55(63)53(49-60)67-58)52(61)47-45-43-41-39-37-35-16-14-12-10-8-6-4-2/h5,7,11,13,17-18,20-21,23-24,26-27,29-30,51-53,55-58,60-61,63-65H,3-4,6,8-10,12,14-16,19,22,25,28,31-50H2,1-2H3,(H,59,62)/b7-5-,13-11-,18-17-,21-20-,24-23-,27-26-,30-29-. The van der Waals surface area contributed by atoms with Crippen molar-refractivity contribution < 1.29 is 39.8 Å². The summed E-state index contributed by atoms with van der Waals surface area (Å²) >= 11 is 0. The lowest BCUT2D eigenvalue weighted by molar-refractivity contribution is -0.302. The summed E-state index contributed by atoms with van der Waals surface area (Å²) in [4.78, 5) is 13.0. The van der Waals surface area contributed by atoms with E-state index in [1.807, 2.05) is 0 Å². The number of hydrogen-bond donors (Lipinski definition) is 6. The van der Waals surface area contributed by atoms with Gasteiger partial charge in [-0.3, -0.25) is 4.79 Å². The van der Waals surface area contributed by atoms with Crippen LogP contribution >= 0.6 is 0 Å². The Morgan fingerprint density at radius 3 is 1.37 bits per heavy atom. The number of amides is 1. The molecule has 1 aliphatic heterocycles. The summed E-state index contributed by atoms with van der Waals surface area (Å²) in [6.07, 6.45) is 58.8. The van der Waals surface area contributed by atoms with Gasteiger partial charge in [-0.15, -0.1) is 0 Å². The first-order chi connectivity index (χ1) is 32.8. The number of carbonyl (C=O) groups is 1. The SMILES string of the molecule is CC/C=C\C/C=C\C/C=C\C/C=C\C/C=C\C/C=C\C/C=C\CCCCCCCCCCCC(=O)NC(COC1OC(CO)C(O)C(O)C1O)C(O)CCCCCCCCCCCCCCC.